The number of benzene rings is 1. The zero-order valence-corrected chi connectivity index (χ0v) is 26.9. The van der Waals surface area contributed by atoms with Crippen LogP contribution in [0.15, 0.2) is 42.9 Å². The third-order valence-electron chi connectivity index (χ3n) is 10.9. The van der Waals surface area contributed by atoms with Crippen LogP contribution in [0.1, 0.15) is 95.8 Å². The number of pyridine rings is 1. The number of aromatic nitrogens is 5. The van der Waals surface area contributed by atoms with Crippen LogP contribution in [0.5, 0.6) is 0 Å². The van der Waals surface area contributed by atoms with Crippen molar-refractivity contribution >= 4 is 40.2 Å². The third-order valence-corrected chi connectivity index (χ3v) is 10.9. The second-order valence-corrected chi connectivity index (χ2v) is 14.2. The first-order valence-corrected chi connectivity index (χ1v) is 17.3. The van der Waals surface area contributed by atoms with E-state index < -0.39 is 29.7 Å². The molecule has 14 heteroatoms. The molecule has 6 heterocycles. The molecule has 0 bridgehead atoms. The maximum Gasteiger partial charge on any atom is 0.262 e. The zero-order valence-electron chi connectivity index (χ0n) is 26.9. The number of nitrogens with zero attached hydrogens (tertiary/aromatic N) is 7. The Balaban J connectivity index is 0.863. The molecule has 3 N–H and O–H groups in total. The highest BCUT2D eigenvalue weighted by Crippen LogP contribution is 2.46. The standard InChI is InChI=1S/C35H37N9O5/c45-31-6-5-29(33(46)39-31)43-34(47)25-4-3-22(13-26(25)35(43)48)36-15-19-11-24(12-19)42-18-27(32(40-42)20-1-2-20)28-14-30-21(16-37-28)17-38-44(30)23-7-9-41(49)10-8-23/h3-4,13-14,16-20,23-24,29,36,49H,1-2,5-12,15H2,(H,39,45,46). The molecule has 252 valence electrons. The predicted molar refractivity (Wildman–Crippen MR) is 176 cm³/mol. The minimum absolute atomic E-state index is 0.0894. The lowest BCUT2D eigenvalue weighted by atomic mass is 9.80. The summed E-state index contributed by atoms with van der Waals surface area (Å²) in [5.74, 6) is -1.14. The molecule has 1 atom stereocenters. The maximum absolute atomic E-state index is 13.2. The Morgan fingerprint density at radius 3 is 2.47 bits per heavy atom. The molecule has 4 fully saturated rings. The lowest BCUT2D eigenvalue weighted by Gasteiger charge is -2.35. The van der Waals surface area contributed by atoms with Crippen molar-refractivity contribution in [1.29, 1.82) is 0 Å². The van der Waals surface area contributed by atoms with Gasteiger partial charge >= 0.3 is 0 Å². The molecule has 3 aromatic heterocycles. The molecule has 5 aliphatic rings. The SMILES string of the molecule is O=C1CCC(N2C(=O)c3ccc(NCC4CC(n5cc(-c6cc7c(cn6)cnn7C6CCN(O)CC6)c(C6CC6)n5)C4)cc3C2=O)C(=O)N1. The van der Waals surface area contributed by atoms with Gasteiger partial charge in [0, 0.05) is 61.0 Å². The molecule has 49 heavy (non-hydrogen) atoms. The maximum atomic E-state index is 13.2. The Morgan fingerprint density at radius 2 is 1.69 bits per heavy atom. The minimum Gasteiger partial charge on any atom is -0.385 e. The van der Waals surface area contributed by atoms with Crippen molar-refractivity contribution in [1.82, 2.24) is 39.8 Å². The fraction of sp³-hybridized carbons (Fsp3) is 0.457. The molecule has 9 rings (SSSR count). The van der Waals surface area contributed by atoms with E-state index in [2.05, 4.69) is 32.3 Å². The highest BCUT2D eigenvalue weighted by atomic mass is 16.5. The van der Waals surface area contributed by atoms with Crippen LogP contribution in [0.25, 0.3) is 22.2 Å². The number of carbonyl (C=O) groups excluding carboxylic acids is 4. The smallest absolute Gasteiger partial charge is 0.262 e. The summed E-state index contributed by atoms with van der Waals surface area (Å²) in [4.78, 5) is 56.0. The quantitative estimate of drug-likeness (QED) is 0.237. The van der Waals surface area contributed by atoms with Gasteiger partial charge in [-0.2, -0.15) is 15.3 Å². The van der Waals surface area contributed by atoms with E-state index in [-0.39, 0.29) is 36.1 Å². The number of carbonyl (C=O) groups is 4. The van der Waals surface area contributed by atoms with Crippen LogP contribution in [0.2, 0.25) is 0 Å². The van der Waals surface area contributed by atoms with Crippen LogP contribution in [0.4, 0.5) is 5.69 Å². The molecule has 0 spiro atoms. The van der Waals surface area contributed by atoms with E-state index in [1.807, 2.05) is 12.4 Å². The van der Waals surface area contributed by atoms with Gasteiger partial charge < -0.3 is 10.5 Å². The second-order valence-electron chi connectivity index (χ2n) is 14.2. The fourth-order valence-electron chi connectivity index (χ4n) is 7.85. The van der Waals surface area contributed by atoms with Crippen molar-refractivity contribution in [3.05, 3.63) is 59.7 Å². The number of amides is 4. The molecule has 2 saturated carbocycles. The number of imide groups is 2. The zero-order chi connectivity index (χ0) is 33.4. The molecular weight excluding hydrogens is 626 g/mol. The number of nitrogens with one attached hydrogen (secondary N) is 2. The average Bonchev–Trinajstić information content (AvgIpc) is 3.61. The van der Waals surface area contributed by atoms with Crippen LogP contribution < -0.4 is 10.6 Å². The molecule has 1 aromatic carbocycles. The van der Waals surface area contributed by atoms with E-state index in [1.165, 1.54) is 5.06 Å². The Morgan fingerprint density at radius 1 is 0.898 bits per heavy atom. The topological polar surface area (TPSA) is 168 Å². The fourth-order valence-corrected chi connectivity index (χ4v) is 7.85. The Bertz CT molecular complexity index is 2020. The summed E-state index contributed by atoms with van der Waals surface area (Å²) in [7, 11) is 0. The van der Waals surface area contributed by atoms with Crippen LogP contribution >= 0.6 is 0 Å². The number of hydrogen-bond acceptors (Lipinski definition) is 10. The minimum atomic E-state index is -0.977. The van der Waals surface area contributed by atoms with E-state index >= 15 is 0 Å². The van der Waals surface area contributed by atoms with Crippen LogP contribution in [0.3, 0.4) is 0 Å². The van der Waals surface area contributed by atoms with Gasteiger partial charge in [-0.25, -0.2) is 0 Å². The second kappa shape index (κ2) is 11.6. The van der Waals surface area contributed by atoms with E-state index in [0.717, 1.165) is 83.5 Å². The van der Waals surface area contributed by atoms with E-state index in [9.17, 15) is 24.4 Å². The molecule has 14 nitrogen and oxygen atoms in total. The Kier molecular flexibility index (Phi) is 7.13. The Labute approximate surface area is 281 Å². The lowest BCUT2D eigenvalue weighted by Crippen LogP contribution is -2.54. The molecular formula is C35H37N9O5. The third kappa shape index (κ3) is 5.29. The summed E-state index contributed by atoms with van der Waals surface area (Å²) in [6.07, 6.45) is 12.1. The largest absolute Gasteiger partial charge is 0.385 e. The van der Waals surface area contributed by atoms with E-state index in [0.29, 0.717) is 24.9 Å². The van der Waals surface area contributed by atoms with Crippen molar-refractivity contribution in [2.24, 2.45) is 5.92 Å². The van der Waals surface area contributed by atoms with Gasteiger partial charge in [0.25, 0.3) is 11.8 Å². The van der Waals surface area contributed by atoms with E-state index in [1.54, 1.807) is 18.2 Å². The first-order chi connectivity index (χ1) is 23.8. The Hall–Kier alpha value is -4.95. The molecule has 0 radical (unpaired) electrons. The van der Waals surface area contributed by atoms with Crippen LogP contribution in [0, 0.1) is 5.92 Å². The van der Waals surface area contributed by atoms with Crippen molar-refractivity contribution in [3.63, 3.8) is 0 Å². The number of piperidine rings is 2. The van der Waals surface area contributed by atoms with Gasteiger partial charge in [-0.15, -0.1) is 0 Å². The van der Waals surface area contributed by atoms with Crippen LogP contribution in [-0.4, -0.2) is 89.0 Å². The first kappa shape index (κ1) is 30.1. The van der Waals surface area contributed by atoms with Gasteiger partial charge in [0.05, 0.1) is 46.3 Å². The summed E-state index contributed by atoms with van der Waals surface area (Å²) >= 11 is 0. The van der Waals surface area contributed by atoms with Crippen molar-refractivity contribution in [2.45, 2.75) is 75.4 Å². The van der Waals surface area contributed by atoms with Crippen molar-refractivity contribution in [2.75, 3.05) is 25.0 Å². The number of fused-ring (bicyclic) bond motifs is 2. The molecule has 4 amide bonds. The summed E-state index contributed by atoms with van der Waals surface area (Å²) in [6, 6.07) is 6.81. The van der Waals surface area contributed by atoms with Gasteiger partial charge in [0.1, 0.15) is 6.04 Å². The van der Waals surface area contributed by atoms with Crippen LogP contribution in [-0.2, 0) is 9.59 Å². The van der Waals surface area contributed by atoms with Crippen molar-refractivity contribution in [3.8, 4) is 11.3 Å². The molecule has 2 saturated heterocycles. The van der Waals surface area contributed by atoms with Gasteiger partial charge in [0.15, 0.2) is 0 Å². The average molecular weight is 664 g/mol. The number of anilines is 1. The van der Waals surface area contributed by atoms with Gasteiger partial charge in [-0.05, 0) is 75.1 Å². The number of rotatable bonds is 8. The number of hydrogen-bond donors (Lipinski definition) is 3. The molecule has 2 aliphatic carbocycles. The van der Waals surface area contributed by atoms with E-state index in [4.69, 9.17) is 15.2 Å². The molecule has 4 aromatic rings. The lowest BCUT2D eigenvalue weighted by molar-refractivity contribution is -0.136. The highest BCUT2D eigenvalue weighted by molar-refractivity contribution is 6.23. The highest BCUT2D eigenvalue weighted by Gasteiger charge is 2.45. The number of hydroxylamine groups is 2. The first-order valence-electron chi connectivity index (χ1n) is 17.3. The summed E-state index contributed by atoms with van der Waals surface area (Å²) in [6.45, 7) is 1.99. The summed E-state index contributed by atoms with van der Waals surface area (Å²) in [5.41, 5.74) is 5.48. The van der Waals surface area contributed by atoms with Crippen molar-refractivity contribution < 1.29 is 24.4 Å². The molecule has 3 aliphatic heterocycles. The van der Waals surface area contributed by atoms with Gasteiger partial charge in [-0.1, -0.05) is 0 Å². The summed E-state index contributed by atoms with van der Waals surface area (Å²) in [5, 5.41) is 27.7. The van der Waals surface area contributed by atoms with Gasteiger partial charge in [-0.3, -0.25) is 43.7 Å². The summed E-state index contributed by atoms with van der Waals surface area (Å²) < 4.78 is 4.23. The van der Waals surface area contributed by atoms with Gasteiger partial charge in [0.2, 0.25) is 11.8 Å². The normalized spacial score (nSPS) is 24.8. The predicted octanol–water partition coefficient (Wildman–Crippen LogP) is 3.66. The molecule has 1 unspecified atom stereocenters. The monoisotopic (exact) mass is 663 g/mol.